The smallest absolute Gasteiger partial charge is 0.346 e. The fourth-order valence-electron chi connectivity index (χ4n) is 4.03. The van der Waals surface area contributed by atoms with Crippen molar-refractivity contribution < 1.29 is 23.7 Å². The van der Waals surface area contributed by atoms with Gasteiger partial charge in [0.2, 0.25) is 0 Å². The van der Waals surface area contributed by atoms with Crippen molar-refractivity contribution in [1.82, 2.24) is 9.78 Å². The van der Waals surface area contributed by atoms with E-state index in [-0.39, 0.29) is 33.8 Å². The van der Waals surface area contributed by atoms with E-state index < -0.39 is 29.6 Å². The predicted molar refractivity (Wildman–Crippen MR) is 139 cm³/mol. The van der Waals surface area contributed by atoms with E-state index in [1.54, 1.807) is 11.4 Å². The van der Waals surface area contributed by atoms with Gasteiger partial charge in [-0.25, -0.2) is 4.68 Å². The lowest BCUT2D eigenvalue weighted by molar-refractivity contribution is 0.261. The fourth-order valence-corrected chi connectivity index (χ4v) is 6.53. The zero-order chi connectivity index (χ0) is 25.0. The maximum atomic E-state index is 13.4. The Kier molecular flexibility index (Phi) is 6.02. The van der Waals surface area contributed by atoms with Crippen LogP contribution in [0, 0.1) is 5.92 Å². The fraction of sp³-hybridized carbons (Fsp3) is 0.286. The summed E-state index contributed by atoms with van der Waals surface area (Å²) in [5.74, 6) is -0.352. The molecule has 1 aliphatic carbocycles. The second kappa shape index (κ2) is 8.77. The molecule has 35 heavy (non-hydrogen) atoms. The highest BCUT2D eigenvalue weighted by molar-refractivity contribution is 8.24. The summed E-state index contributed by atoms with van der Waals surface area (Å²) in [5, 5.41) is 21.9. The van der Waals surface area contributed by atoms with Crippen molar-refractivity contribution >= 4 is 52.1 Å². The normalized spacial score (nSPS) is 20.4. The minimum Gasteiger partial charge on any atom is -0.505 e. The van der Waals surface area contributed by atoms with E-state index in [0.717, 1.165) is 19.3 Å². The molecule has 1 saturated carbocycles. The van der Waals surface area contributed by atoms with Crippen LogP contribution >= 0.6 is 29.6 Å². The predicted octanol–water partition coefficient (Wildman–Crippen LogP) is 3.87. The van der Waals surface area contributed by atoms with Crippen molar-refractivity contribution in [2.24, 2.45) is 10.7 Å². The second-order valence-corrected chi connectivity index (χ2v) is 13.1. The van der Waals surface area contributed by atoms with Crippen molar-refractivity contribution in [3.05, 3.63) is 50.9 Å². The summed E-state index contributed by atoms with van der Waals surface area (Å²) >= 11 is 1.41. The lowest BCUT2D eigenvalue weighted by Gasteiger charge is -2.30. The summed E-state index contributed by atoms with van der Waals surface area (Å²) < 4.78 is 40.2. The van der Waals surface area contributed by atoms with Gasteiger partial charge in [0.05, 0.1) is 16.7 Å². The van der Waals surface area contributed by atoms with Crippen LogP contribution in [0.3, 0.4) is 0 Å². The first-order valence-electron chi connectivity index (χ1n) is 10.7. The Morgan fingerprint density at radius 3 is 2.71 bits per heavy atom. The molecule has 5 rings (SSSR count). The van der Waals surface area contributed by atoms with Gasteiger partial charge in [0, 0.05) is 23.7 Å². The molecule has 1 aliphatic heterocycles. The van der Waals surface area contributed by atoms with Gasteiger partial charge < -0.3 is 15.3 Å². The van der Waals surface area contributed by atoms with Gasteiger partial charge in [-0.2, -0.15) is 21.2 Å². The maximum absolute atomic E-state index is 13.4. The number of aromatic hydroxyl groups is 1. The number of benzene rings is 1. The number of aromatic nitrogens is 2. The van der Waals surface area contributed by atoms with Gasteiger partial charge in [-0.3, -0.25) is 23.2 Å². The average molecular weight is 538 g/mol. The Morgan fingerprint density at radius 2 is 2.09 bits per heavy atom. The molecule has 1 unspecified atom stereocenters. The van der Waals surface area contributed by atoms with Crippen molar-refractivity contribution in [1.29, 1.82) is 0 Å². The number of nitrogens with zero attached hydrogens (tertiary/aromatic N) is 3. The summed E-state index contributed by atoms with van der Waals surface area (Å²) in [6, 6.07) is 6.01. The number of anilines is 2. The molecule has 0 bridgehead atoms. The van der Waals surface area contributed by atoms with Crippen LogP contribution in [-0.4, -0.2) is 41.0 Å². The van der Waals surface area contributed by atoms with Crippen molar-refractivity contribution in [3.63, 3.8) is 0 Å². The van der Waals surface area contributed by atoms with Crippen LogP contribution < -0.4 is 20.9 Å². The third-order valence-corrected chi connectivity index (χ3v) is 8.70. The van der Waals surface area contributed by atoms with E-state index in [9.17, 15) is 28.5 Å². The SMILES string of the molecule is CS(O)(O)Nc1ccc2c(c1)P(=O)(O)N=C(c1c(O)c(-c3ccsc3)nn(CC3CCC3)c1=O)N2. The topological polar surface area (TPSA) is 169 Å². The molecule has 14 heteroatoms. The molecule has 2 aromatic heterocycles. The number of thiophene rings is 1. The largest absolute Gasteiger partial charge is 0.505 e. The quantitative estimate of drug-likeness (QED) is 0.256. The average Bonchev–Trinajstić information content (AvgIpc) is 3.25. The number of amidine groups is 1. The first-order chi connectivity index (χ1) is 16.5. The Bertz CT molecular complexity index is 1430. The van der Waals surface area contributed by atoms with Crippen molar-refractivity contribution in [2.75, 3.05) is 16.3 Å². The minimum atomic E-state index is -4.39. The molecular formula is C21H24N5O6PS2. The highest BCUT2D eigenvalue weighted by Crippen LogP contribution is 2.48. The molecule has 1 fully saturated rings. The van der Waals surface area contributed by atoms with Gasteiger partial charge in [-0.1, -0.05) is 6.42 Å². The molecule has 1 aromatic carbocycles. The molecule has 0 saturated heterocycles. The molecule has 6 N–H and O–H groups in total. The number of hydrogen-bond acceptors (Lipinski definition) is 9. The van der Waals surface area contributed by atoms with E-state index in [1.807, 2.05) is 5.38 Å². The molecule has 2 aliphatic rings. The summed E-state index contributed by atoms with van der Waals surface area (Å²) in [6.45, 7) is 0.377. The monoisotopic (exact) mass is 537 g/mol. The number of hydrogen-bond donors (Lipinski definition) is 6. The Balaban J connectivity index is 1.62. The Labute approximate surface area is 206 Å². The zero-order valence-electron chi connectivity index (χ0n) is 18.6. The van der Waals surface area contributed by atoms with Gasteiger partial charge in [-0.05, 0) is 48.4 Å². The van der Waals surface area contributed by atoms with E-state index in [4.69, 9.17) is 0 Å². The van der Waals surface area contributed by atoms with Crippen LogP contribution in [0.5, 0.6) is 5.75 Å². The van der Waals surface area contributed by atoms with Gasteiger partial charge >= 0.3 is 7.52 Å². The van der Waals surface area contributed by atoms with Crippen LogP contribution in [0.25, 0.3) is 11.3 Å². The minimum absolute atomic E-state index is 0.0729. The maximum Gasteiger partial charge on any atom is 0.346 e. The first-order valence-corrected chi connectivity index (χ1v) is 15.3. The molecule has 3 aromatic rings. The van der Waals surface area contributed by atoms with Crippen LogP contribution in [-0.2, 0) is 11.1 Å². The highest BCUT2D eigenvalue weighted by atomic mass is 32.3. The van der Waals surface area contributed by atoms with Gasteiger partial charge in [0.15, 0.2) is 11.6 Å². The lowest BCUT2D eigenvalue weighted by atomic mass is 9.85. The van der Waals surface area contributed by atoms with Gasteiger partial charge in [0.25, 0.3) is 5.56 Å². The summed E-state index contributed by atoms with van der Waals surface area (Å²) in [5.41, 5.74) is 0.393. The molecular weight excluding hydrogens is 513 g/mol. The summed E-state index contributed by atoms with van der Waals surface area (Å²) in [7, 11) is -7.49. The summed E-state index contributed by atoms with van der Waals surface area (Å²) in [6.07, 6.45) is 4.24. The number of fused-ring (bicyclic) bond motifs is 1. The molecule has 11 nitrogen and oxygen atoms in total. The molecule has 0 radical (unpaired) electrons. The molecule has 0 spiro atoms. The van der Waals surface area contributed by atoms with E-state index in [0.29, 0.717) is 18.0 Å². The zero-order valence-corrected chi connectivity index (χ0v) is 21.1. The van der Waals surface area contributed by atoms with Gasteiger partial charge in [0.1, 0.15) is 11.3 Å². The van der Waals surface area contributed by atoms with Crippen molar-refractivity contribution in [3.8, 4) is 17.0 Å². The number of nitrogens with one attached hydrogen (secondary N) is 2. The van der Waals surface area contributed by atoms with Gasteiger partial charge in [-0.15, -0.1) is 10.8 Å². The van der Waals surface area contributed by atoms with E-state index in [2.05, 4.69) is 19.9 Å². The first kappa shape index (κ1) is 24.0. The third kappa shape index (κ3) is 4.75. The lowest BCUT2D eigenvalue weighted by Crippen LogP contribution is -2.36. The Hall–Kier alpha value is -2.67. The van der Waals surface area contributed by atoms with Crippen LogP contribution in [0.1, 0.15) is 24.8 Å². The van der Waals surface area contributed by atoms with Crippen LogP contribution in [0.15, 0.2) is 44.6 Å². The highest BCUT2D eigenvalue weighted by Gasteiger charge is 2.34. The summed E-state index contributed by atoms with van der Waals surface area (Å²) in [4.78, 5) is 24.2. The van der Waals surface area contributed by atoms with E-state index in [1.165, 1.54) is 40.5 Å². The van der Waals surface area contributed by atoms with E-state index >= 15 is 0 Å². The second-order valence-electron chi connectivity index (χ2n) is 8.65. The molecule has 1 atom stereocenters. The third-order valence-electron chi connectivity index (χ3n) is 5.93. The molecule has 0 amide bonds. The van der Waals surface area contributed by atoms with Crippen LogP contribution in [0.4, 0.5) is 11.4 Å². The van der Waals surface area contributed by atoms with Crippen LogP contribution in [0.2, 0.25) is 0 Å². The molecule has 186 valence electrons. The standard InChI is InChI=1S/C21H24N5O6PS2/c1-35(31,32)25-14-5-6-15-16(9-14)33(29,30)24-20(22-15)17-19(27)18(13-7-8-34-11-13)23-26(21(17)28)10-12-3-2-4-12/h5-9,11-12,25,27,31-32H,2-4,10H2,1H3,(H2,22,24,29,30). The number of rotatable bonds is 6. The Morgan fingerprint density at radius 1 is 1.31 bits per heavy atom. The molecule has 3 heterocycles. The van der Waals surface area contributed by atoms with Crippen molar-refractivity contribution in [2.45, 2.75) is 25.8 Å².